The third kappa shape index (κ3) is 6.49. The monoisotopic (exact) mass is 411 g/mol. The quantitative estimate of drug-likeness (QED) is 0.518. The van der Waals surface area contributed by atoms with Gasteiger partial charge in [0.15, 0.2) is 5.96 Å². The third-order valence-corrected chi connectivity index (χ3v) is 4.68. The van der Waals surface area contributed by atoms with Gasteiger partial charge < -0.3 is 15.4 Å². The molecule has 1 heterocycles. The molecule has 0 aliphatic carbocycles. The maximum atomic E-state index is 12.6. The van der Waals surface area contributed by atoms with Gasteiger partial charge >= 0.3 is 6.18 Å². The molecule has 0 amide bonds. The van der Waals surface area contributed by atoms with E-state index in [1.54, 1.807) is 14.2 Å². The minimum Gasteiger partial charge on any atom is -0.383 e. The van der Waals surface area contributed by atoms with Crippen molar-refractivity contribution in [2.24, 2.45) is 4.99 Å². The summed E-state index contributed by atoms with van der Waals surface area (Å²) in [5, 5.41) is 11.0. The number of alkyl halides is 3. The van der Waals surface area contributed by atoms with Crippen LogP contribution in [0.3, 0.4) is 0 Å². The van der Waals surface area contributed by atoms with Gasteiger partial charge in [-0.15, -0.1) is 0 Å². The molecule has 0 aliphatic heterocycles. The van der Waals surface area contributed by atoms with Crippen LogP contribution in [0.4, 0.5) is 13.2 Å². The minimum absolute atomic E-state index is 0.552. The lowest BCUT2D eigenvalue weighted by atomic mass is 10.1. The number of benzene rings is 1. The number of guanidine groups is 1. The molecule has 0 atom stereocenters. The van der Waals surface area contributed by atoms with Crippen molar-refractivity contribution in [3.8, 4) is 0 Å². The third-order valence-electron chi connectivity index (χ3n) is 4.68. The van der Waals surface area contributed by atoms with Gasteiger partial charge in [-0.3, -0.25) is 9.67 Å². The highest BCUT2D eigenvalue weighted by Gasteiger charge is 2.29. The van der Waals surface area contributed by atoms with E-state index in [0.717, 1.165) is 34.6 Å². The number of aromatic nitrogens is 2. The standard InChI is InChI=1S/C20H28F3N5O/c1-14-18(15(2)28(27-14)11-12-29-4)13-26-19(24-3)25-10-9-16-5-7-17(8-6-16)20(21,22)23/h5-8H,9-13H2,1-4H3,(H2,24,25,26). The van der Waals surface area contributed by atoms with Crippen molar-refractivity contribution in [3.05, 3.63) is 52.3 Å². The second-order valence-corrected chi connectivity index (χ2v) is 6.66. The molecule has 160 valence electrons. The molecule has 0 aliphatic rings. The van der Waals surface area contributed by atoms with Gasteiger partial charge in [0.2, 0.25) is 0 Å². The van der Waals surface area contributed by atoms with E-state index in [0.29, 0.717) is 38.6 Å². The van der Waals surface area contributed by atoms with Gasteiger partial charge in [0.1, 0.15) is 0 Å². The number of aliphatic imine (C=N–C) groups is 1. The number of nitrogens with zero attached hydrogens (tertiary/aromatic N) is 3. The highest BCUT2D eigenvalue weighted by Crippen LogP contribution is 2.29. The Morgan fingerprint density at radius 1 is 1.17 bits per heavy atom. The zero-order valence-electron chi connectivity index (χ0n) is 17.2. The van der Waals surface area contributed by atoms with E-state index in [-0.39, 0.29) is 0 Å². The molecule has 29 heavy (non-hydrogen) atoms. The molecule has 1 aromatic heterocycles. The van der Waals surface area contributed by atoms with E-state index in [2.05, 4.69) is 20.7 Å². The first-order valence-corrected chi connectivity index (χ1v) is 9.38. The molecule has 2 aromatic rings. The zero-order valence-corrected chi connectivity index (χ0v) is 17.2. The van der Waals surface area contributed by atoms with Gasteiger partial charge in [-0.25, -0.2) is 0 Å². The number of rotatable bonds is 8. The molecule has 0 unspecified atom stereocenters. The summed E-state index contributed by atoms with van der Waals surface area (Å²) in [6, 6.07) is 5.22. The predicted molar refractivity (Wildman–Crippen MR) is 107 cm³/mol. The van der Waals surface area contributed by atoms with E-state index in [1.807, 2.05) is 18.5 Å². The fourth-order valence-corrected chi connectivity index (χ4v) is 2.96. The largest absolute Gasteiger partial charge is 0.416 e. The maximum absolute atomic E-state index is 12.6. The Hall–Kier alpha value is -2.55. The molecule has 0 spiro atoms. The second kappa shape index (κ2) is 10.3. The normalized spacial score (nSPS) is 12.3. The van der Waals surface area contributed by atoms with E-state index < -0.39 is 11.7 Å². The van der Waals surface area contributed by atoms with Crippen LogP contribution >= 0.6 is 0 Å². The van der Waals surface area contributed by atoms with Gasteiger partial charge in [0.05, 0.1) is 24.4 Å². The average Bonchev–Trinajstić information content (AvgIpc) is 2.95. The predicted octanol–water partition coefficient (Wildman–Crippen LogP) is 3.07. The van der Waals surface area contributed by atoms with E-state index >= 15 is 0 Å². The Bertz CT molecular complexity index is 813. The first-order valence-electron chi connectivity index (χ1n) is 9.38. The SMILES string of the molecule is CN=C(NCCc1ccc(C(F)(F)F)cc1)NCc1c(C)nn(CCOC)c1C. The lowest BCUT2D eigenvalue weighted by Crippen LogP contribution is -2.38. The van der Waals surface area contributed by atoms with Crippen molar-refractivity contribution < 1.29 is 17.9 Å². The molecular weight excluding hydrogens is 383 g/mol. The molecular formula is C20H28F3N5O. The number of nitrogens with one attached hydrogen (secondary N) is 2. The lowest BCUT2D eigenvalue weighted by molar-refractivity contribution is -0.137. The number of ether oxygens (including phenoxy) is 1. The van der Waals surface area contributed by atoms with Crippen molar-refractivity contribution in [1.29, 1.82) is 0 Å². The van der Waals surface area contributed by atoms with E-state index in [9.17, 15) is 13.2 Å². The van der Waals surface area contributed by atoms with Gasteiger partial charge in [-0.05, 0) is 38.0 Å². The number of methoxy groups -OCH3 is 1. The molecule has 0 bridgehead atoms. The molecule has 0 saturated heterocycles. The highest BCUT2D eigenvalue weighted by molar-refractivity contribution is 5.79. The Morgan fingerprint density at radius 2 is 1.86 bits per heavy atom. The topological polar surface area (TPSA) is 63.5 Å². The van der Waals surface area contributed by atoms with E-state index in [4.69, 9.17) is 4.74 Å². The number of hydrogen-bond donors (Lipinski definition) is 2. The van der Waals surface area contributed by atoms with Crippen LogP contribution in [0.5, 0.6) is 0 Å². The van der Waals surface area contributed by atoms with Crippen LogP contribution in [0.15, 0.2) is 29.3 Å². The van der Waals surface area contributed by atoms with Crippen LogP contribution in [-0.4, -0.2) is 43.0 Å². The molecule has 0 radical (unpaired) electrons. The Morgan fingerprint density at radius 3 is 2.45 bits per heavy atom. The molecule has 9 heteroatoms. The minimum atomic E-state index is -4.31. The number of halogens is 3. The molecule has 2 N–H and O–H groups in total. The van der Waals surface area contributed by atoms with Gasteiger partial charge in [0, 0.05) is 38.5 Å². The summed E-state index contributed by atoms with van der Waals surface area (Å²) in [6.45, 7) is 6.41. The Labute approximate surface area is 169 Å². The van der Waals surface area contributed by atoms with Crippen molar-refractivity contribution in [1.82, 2.24) is 20.4 Å². The molecule has 0 fully saturated rings. The summed E-state index contributed by atoms with van der Waals surface area (Å²) < 4.78 is 44.9. The Kier molecular flexibility index (Phi) is 8.07. The summed E-state index contributed by atoms with van der Waals surface area (Å²) in [5.74, 6) is 0.625. The fraction of sp³-hybridized carbons (Fsp3) is 0.500. The van der Waals surface area contributed by atoms with Crippen LogP contribution in [0.2, 0.25) is 0 Å². The van der Waals surface area contributed by atoms with Crippen LogP contribution in [-0.2, 0) is 30.4 Å². The van der Waals surface area contributed by atoms with Crippen molar-refractivity contribution in [2.45, 2.75) is 39.5 Å². The van der Waals surface area contributed by atoms with E-state index in [1.165, 1.54) is 12.1 Å². The number of aryl methyl sites for hydroxylation is 1. The molecule has 6 nitrogen and oxygen atoms in total. The van der Waals surface area contributed by atoms with Gasteiger partial charge in [-0.1, -0.05) is 12.1 Å². The average molecular weight is 411 g/mol. The lowest BCUT2D eigenvalue weighted by Gasteiger charge is -2.13. The smallest absolute Gasteiger partial charge is 0.383 e. The molecule has 1 aromatic carbocycles. The summed E-state index contributed by atoms with van der Waals surface area (Å²) in [4.78, 5) is 4.19. The highest BCUT2D eigenvalue weighted by atomic mass is 19.4. The van der Waals surface area contributed by atoms with Crippen LogP contribution in [0, 0.1) is 13.8 Å². The first-order chi connectivity index (χ1) is 13.8. The summed E-state index contributed by atoms with van der Waals surface area (Å²) >= 11 is 0. The zero-order chi connectivity index (χ0) is 21.4. The maximum Gasteiger partial charge on any atom is 0.416 e. The van der Waals surface area contributed by atoms with Crippen molar-refractivity contribution in [2.75, 3.05) is 27.3 Å². The summed E-state index contributed by atoms with van der Waals surface area (Å²) in [7, 11) is 3.34. The summed E-state index contributed by atoms with van der Waals surface area (Å²) in [5.41, 5.74) is 3.32. The molecule has 0 saturated carbocycles. The van der Waals surface area contributed by atoms with Crippen molar-refractivity contribution in [3.63, 3.8) is 0 Å². The van der Waals surface area contributed by atoms with Crippen LogP contribution in [0.25, 0.3) is 0 Å². The fourth-order valence-electron chi connectivity index (χ4n) is 2.96. The summed E-state index contributed by atoms with van der Waals surface area (Å²) in [6.07, 6.45) is -3.72. The first kappa shape index (κ1) is 22.7. The van der Waals surface area contributed by atoms with Crippen molar-refractivity contribution >= 4 is 5.96 Å². The van der Waals surface area contributed by atoms with Gasteiger partial charge in [0.25, 0.3) is 0 Å². The molecule has 2 rings (SSSR count). The number of hydrogen-bond acceptors (Lipinski definition) is 3. The second-order valence-electron chi connectivity index (χ2n) is 6.66. The Balaban J connectivity index is 1.85. The van der Waals surface area contributed by atoms with Gasteiger partial charge in [-0.2, -0.15) is 18.3 Å². The van der Waals surface area contributed by atoms with Crippen LogP contribution in [0.1, 0.15) is 28.1 Å². The van der Waals surface area contributed by atoms with Crippen LogP contribution < -0.4 is 10.6 Å².